The van der Waals surface area contributed by atoms with Crippen LogP contribution in [0.25, 0.3) is 0 Å². The van der Waals surface area contributed by atoms with Crippen LogP contribution in [0.5, 0.6) is 5.75 Å². The summed E-state index contributed by atoms with van der Waals surface area (Å²) in [5.41, 5.74) is 1.00. The molecule has 0 spiro atoms. The van der Waals surface area contributed by atoms with Gasteiger partial charge in [-0.25, -0.2) is 0 Å². The summed E-state index contributed by atoms with van der Waals surface area (Å²) in [4.78, 5) is 12.5. The molecule has 1 rings (SSSR count). The van der Waals surface area contributed by atoms with Gasteiger partial charge in [-0.15, -0.1) is 0 Å². The van der Waals surface area contributed by atoms with Crippen molar-refractivity contribution in [3.8, 4) is 5.75 Å². The van der Waals surface area contributed by atoms with E-state index < -0.39 is 5.97 Å². The minimum Gasteiger partial charge on any atom is -0.494 e. The molecule has 0 aromatic heterocycles. The van der Waals surface area contributed by atoms with Gasteiger partial charge in [0.25, 0.3) is 0 Å². The average Bonchev–Trinajstić information content (AvgIpc) is 2.45. The third kappa shape index (κ3) is 6.45. The highest BCUT2D eigenvalue weighted by Crippen LogP contribution is 2.19. The third-order valence-electron chi connectivity index (χ3n) is 3.21. The first kappa shape index (κ1) is 16.3. The maximum Gasteiger partial charge on any atom is 0.305 e. The van der Waals surface area contributed by atoms with Crippen LogP contribution in [0.4, 0.5) is 5.69 Å². The van der Waals surface area contributed by atoms with Crippen molar-refractivity contribution in [2.45, 2.75) is 39.0 Å². The molecule has 0 saturated carbocycles. The van der Waals surface area contributed by atoms with Crippen LogP contribution in [0.3, 0.4) is 0 Å². The molecule has 0 amide bonds. The van der Waals surface area contributed by atoms with Gasteiger partial charge in [0.15, 0.2) is 0 Å². The SMILES string of the molecule is CCCCCCOc1ccc(N(C)CCC(=O)O)cc1. The molecule has 0 saturated heterocycles. The highest BCUT2D eigenvalue weighted by Gasteiger charge is 2.04. The Balaban J connectivity index is 2.33. The molecule has 0 bridgehead atoms. The molecule has 0 unspecified atom stereocenters. The topological polar surface area (TPSA) is 49.8 Å². The second-order valence-electron chi connectivity index (χ2n) is 4.97. The first-order chi connectivity index (χ1) is 9.63. The summed E-state index contributed by atoms with van der Waals surface area (Å²) in [6.45, 7) is 3.46. The van der Waals surface area contributed by atoms with E-state index in [-0.39, 0.29) is 6.42 Å². The van der Waals surface area contributed by atoms with Gasteiger partial charge >= 0.3 is 5.97 Å². The number of carboxylic acid groups (broad SMARTS) is 1. The van der Waals surface area contributed by atoms with Gasteiger partial charge in [-0.2, -0.15) is 0 Å². The number of nitrogens with zero attached hydrogens (tertiary/aromatic N) is 1. The Kier molecular flexibility index (Phi) is 7.55. The Morgan fingerprint density at radius 1 is 1.20 bits per heavy atom. The van der Waals surface area contributed by atoms with Gasteiger partial charge in [0.2, 0.25) is 0 Å². The molecule has 4 heteroatoms. The minimum atomic E-state index is -0.774. The van der Waals surface area contributed by atoms with E-state index in [1.54, 1.807) is 0 Å². The lowest BCUT2D eigenvalue weighted by Crippen LogP contribution is -2.20. The van der Waals surface area contributed by atoms with Crippen molar-refractivity contribution < 1.29 is 14.6 Å². The van der Waals surface area contributed by atoms with E-state index in [0.29, 0.717) is 6.54 Å². The number of hydrogen-bond acceptors (Lipinski definition) is 3. The maximum absolute atomic E-state index is 10.5. The summed E-state index contributed by atoms with van der Waals surface area (Å²) in [6.07, 6.45) is 4.95. The van der Waals surface area contributed by atoms with E-state index in [4.69, 9.17) is 9.84 Å². The highest BCUT2D eigenvalue weighted by atomic mass is 16.5. The molecule has 1 aromatic rings. The van der Waals surface area contributed by atoms with Crippen molar-refractivity contribution >= 4 is 11.7 Å². The van der Waals surface area contributed by atoms with E-state index in [1.807, 2.05) is 36.2 Å². The van der Waals surface area contributed by atoms with E-state index in [0.717, 1.165) is 24.5 Å². The second-order valence-corrected chi connectivity index (χ2v) is 4.97. The zero-order chi connectivity index (χ0) is 14.8. The first-order valence-electron chi connectivity index (χ1n) is 7.29. The smallest absolute Gasteiger partial charge is 0.305 e. The molecular weight excluding hydrogens is 254 g/mol. The number of carboxylic acids is 1. The monoisotopic (exact) mass is 279 g/mol. The fourth-order valence-electron chi connectivity index (χ4n) is 1.91. The summed E-state index contributed by atoms with van der Waals surface area (Å²) in [5.74, 6) is 0.0979. The lowest BCUT2D eigenvalue weighted by atomic mass is 10.2. The molecule has 0 fully saturated rings. The predicted molar refractivity (Wildman–Crippen MR) is 81.6 cm³/mol. The van der Waals surface area contributed by atoms with Crippen molar-refractivity contribution in [3.05, 3.63) is 24.3 Å². The fraction of sp³-hybridized carbons (Fsp3) is 0.562. The summed E-state index contributed by atoms with van der Waals surface area (Å²) < 4.78 is 5.67. The summed E-state index contributed by atoms with van der Waals surface area (Å²) in [5, 5.41) is 8.67. The van der Waals surface area contributed by atoms with Gasteiger partial charge in [0.05, 0.1) is 13.0 Å². The van der Waals surface area contributed by atoms with Crippen molar-refractivity contribution in [1.82, 2.24) is 0 Å². The van der Waals surface area contributed by atoms with Crippen molar-refractivity contribution in [3.63, 3.8) is 0 Å². The number of rotatable bonds is 10. The van der Waals surface area contributed by atoms with Crippen molar-refractivity contribution in [2.24, 2.45) is 0 Å². The molecule has 0 radical (unpaired) electrons. The Bertz CT molecular complexity index is 389. The van der Waals surface area contributed by atoms with Gasteiger partial charge in [0.1, 0.15) is 5.75 Å². The van der Waals surface area contributed by atoms with Crippen LogP contribution in [0.1, 0.15) is 39.0 Å². The number of aliphatic carboxylic acids is 1. The normalized spacial score (nSPS) is 10.3. The molecule has 0 aliphatic rings. The molecule has 0 heterocycles. The van der Waals surface area contributed by atoms with Gasteiger partial charge < -0.3 is 14.7 Å². The molecule has 1 aromatic carbocycles. The number of ether oxygens (including phenoxy) is 1. The first-order valence-corrected chi connectivity index (χ1v) is 7.29. The average molecular weight is 279 g/mol. The van der Waals surface area contributed by atoms with Crippen LogP contribution in [-0.4, -0.2) is 31.3 Å². The number of hydrogen-bond donors (Lipinski definition) is 1. The Morgan fingerprint density at radius 3 is 2.50 bits per heavy atom. The van der Waals surface area contributed by atoms with Crippen molar-refractivity contribution in [1.29, 1.82) is 0 Å². The maximum atomic E-state index is 10.5. The van der Waals surface area contributed by atoms with E-state index >= 15 is 0 Å². The van der Waals surface area contributed by atoms with Crippen LogP contribution in [0.2, 0.25) is 0 Å². The van der Waals surface area contributed by atoms with E-state index in [9.17, 15) is 4.79 Å². The summed E-state index contributed by atoms with van der Waals surface area (Å²) in [7, 11) is 1.89. The number of carbonyl (C=O) groups is 1. The summed E-state index contributed by atoms with van der Waals surface area (Å²) in [6, 6.07) is 7.80. The zero-order valence-electron chi connectivity index (χ0n) is 12.5. The largest absolute Gasteiger partial charge is 0.494 e. The van der Waals surface area contributed by atoms with Crippen LogP contribution >= 0.6 is 0 Å². The number of benzene rings is 1. The standard InChI is InChI=1S/C16H25NO3/c1-3-4-5-6-13-20-15-9-7-14(8-10-15)17(2)12-11-16(18)19/h7-10H,3-6,11-13H2,1-2H3,(H,18,19). The number of anilines is 1. The molecule has 0 atom stereocenters. The molecule has 0 aliphatic carbocycles. The molecule has 0 aliphatic heterocycles. The van der Waals surface area contributed by atoms with Gasteiger partial charge in [0, 0.05) is 19.3 Å². The summed E-state index contributed by atoms with van der Waals surface area (Å²) >= 11 is 0. The fourth-order valence-corrected chi connectivity index (χ4v) is 1.91. The Labute approximate surface area is 121 Å². The van der Waals surface area contributed by atoms with Gasteiger partial charge in [-0.05, 0) is 30.7 Å². The number of unbranched alkanes of at least 4 members (excludes halogenated alkanes) is 3. The molecular formula is C16H25NO3. The predicted octanol–water partition coefficient (Wildman–Crippen LogP) is 3.56. The molecule has 1 N–H and O–H groups in total. The quantitative estimate of drug-likeness (QED) is 0.665. The second kappa shape index (κ2) is 9.23. The van der Waals surface area contributed by atoms with Crippen LogP contribution in [0, 0.1) is 0 Å². The Morgan fingerprint density at radius 2 is 1.90 bits per heavy atom. The van der Waals surface area contributed by atoms with Crippen LogP contribution in [0.15, 0.2) is 24.3 Å². The molecule has 112 valence electrons. The lowest BCUT2D eigenvalue weighted by molar-refractivity contribution is -0.136. The van der Waals surface area contributed by atoms with Gasteiger partial charge in [-0.1, -0.05) is 26.2 Å². The van der Waals surface area contributed by atoms with Gasteiger partial charge in [-0.3, -0.25) is 4.79 Å². The lowest BCUT2D eigenvalue weighted by Gasteiger charge is -2.18. The van der Waals surface area contributed by atoms with Crippen LogP contribution < -0.4 is 9.64 Å². The zero-order valence-corrected chi connectivity index (χ0v) is 12.5. The van der Waals surface area contributed by atoms with E-state index in [1.165, 1.54) is 19.3 Å². The highest BCUT2D eigenvalue weighted by molar-refractivity contribution is 5.67. The van der Waals surface area contributed by atoms with Crippen LogP contribution in [-0.2, 0) is 4.79 Å². The van der Waals surface area contributed by atoms with E-state index in [2.05, 4.69) is 6.92 Å². The minimum absolute atomic E-state index is 0.145. The Hall–Kier alpha value is -1.71. The third-order valence-corrected chi connectivity index (χ3v) is 3.21. The molecule has 4 nitrogen and oxygen atoms in total. The van der Waals surface area contributed by atoms with Crippen molar-refractivity contribution in [2.75, 3.05) is 25.1 Å². The molecule has 20 heavy (non-hydrogen) atoms.